The molecule has 1 aliphatic rings. The summed E-state index contributed by atoms with van der Waals surface area (Å²) in [4.78, 5) is 0. The number of anilines is 1. The standard InChI is InChI=1S/C21H27N.2C2H6/c1-7-9-11-15(3)22-17-12-13-19-18(10-8-2)16(4)21(5,6)20(19)14-17;2*1-2/h7-14,22H,1-6H3;2*1-2H3/b9-7-,10-8-,15-11+;;. The summed E-state index contributed by atoms with van der Waals surface area (Å²) in [7, 11) is 0. The van der Waals surface area contributed by atoms with Gasteiger partial charge >= 0.3 is 0 Å². The molecule has 0 aliphatic heterocycles. The zero-order chi connectivity index (χ0) is 20.3. The fourth-order valence-electron chi connectivity index (χ4n) is 3.01. The zero-order valence-corrected chi connectivity index (χ0v) is 18.6. The van der Waals surface area contributed by atoms with E-state index in [1.807, 2.05) is 40.7 Å². The highest BCUT2D eigenvalue weighted by Crippen LogP contribution is 2.47. The second kappa shape index (κ2) is 11.6. The molecule has 26 heavy (non-hydrogen) atoms. The molecule has 0 heterocycles. The summed E-state index contributed by atoms with van der Waals surface area (Å²) >= 11 is 0. The molecule has 1 aromatic carbocycles. The molecule has 2 rings (SSSR count). The highest BCUT2D eigenvalue weighted by atomic mass is 14.9. The summed E-state index contributed by atoms with van der Waals surface area (Å²) in [6.45, 7) is 21.1. The molecule has 0 amide bonds. The van der Waals surface area contributed by atoms with Crippen LogP contribution in [0.4, 0.5) is 5.69 Å². The van der Waals surface area contributed by atoms with E-state index in [0.29, 0.717) is 0 Å². The molecule has 1 aromatic rings. The van der Waals surface area contributed by atoms with E-state index >= 15 is 0 Å². The number of benzene rings is 1. The van der Waals surface area contributed by atoms with Gasteiger partial charge in [-0.05, 0) is 62.6 Å². The van der Waals surface area contributed by atoms with E-state index in [1.54, 1.807) is 0 Å². The van der Waals surface area contributed by atoms with Crippen LogP contribution in [0.1, 0.15) is 80.4 Å². The second-order valence-corrected chi connectivity index (χ2v) is 6.42. The molecule has 0 unspecified atom stereocenters. The van der Waals surface area contributed by atoms with E-state index < -0.39 is 0 Å². The minimum absolute atomic E-state index is 0.0861. The lowest BCUT2D eigenvalue weighted by Crippen LogP contribution is -2.15. The van der Waals surface area contributed by atoms with E-state index in [9.17, 15) is 0 Å². The molecule has 0 radical (unpaired) electrons. The molecule has 144 valence electrons. The lowest BCUT2D eigenvalue weighted by molar-refractivity contribution is 0.639. The molecule has 0 bridgehead atoms. The van der Waals surface area contributed by atoms with Crippen molar-refractivity contribution in [3.63, 3.8) is 0 Å². The quantitative estimate of drug-likeness (QED) is 0.537. The number of allylic oxidation sites excluding steroid dienone is 8. The maximum atomic E-state index is 3.48. The van der Waals surface area contributed by atoms with Gasteiger partial charge in [0.05, 0.1) is 0 Å². The Hall–Kier alpha value is -2.02. The van der Waals surface area contributed by atoms with Gasteiger partial charge in [0.1, 0.15) is 0 Å². The molecular weight excluding hydrogens is 314 g/mol. The first-order valence-electron chi connectivity index (χ1n) is 9.97. The van der Waals surface area contributed by atoms with Gasteiger partial charge in [0.2, 0.25) is 0 Å². The van der Waals surface area contributed by atoms with Gasteiger partial charge in [0.15, 0.2) is 0 Å². The van der Waals surface area contributed by atoms with Crippen molar-refractivity contribution in [2.75, 3.05) is 5.32 Å². The van der Waals surface area contributed by atoms with Crippen molar-refractivity contribution >= 4 is 11.3 Å². The number of nitrogens with one attached hydrogen (secondary N) is 1. The molecule has 0 saturated carbocycles. The minimum Gasteiger partial charge on any atom is -0.359 e. The molecule has 0 atom stereocenters. The maximum absolute atomic E-state index is 3.48. The topological polar surface area (TPSA) is 12.0 Å². The van der Waals surface area contributed by atoms with Crippen LogP contribution in [0.3, 0.4) is 0 Å². The Morgan fingerprint density at radius 3 is 2.15 bits per heavy atom. The van der Waals surface area contributed by atoms with E-state index in [0.717, 1.165) is 11.4 Å². The average molecular weight is 354 g/mol. The number of rotatable bonds is 4. The van der Waals surface area contributed by atoms with Gasteiger partial charge in [-0.3, -0.25) is 0 Å². The third-order valence-electron chi connectivity index (χ3n) is 4.54. The Labute approximate surface area is 162 Å². The normalized spacial score (nSPS) is 15.4. The molecule has 0 spiro atoms. The Bertz CT molecular complexity index is 682. The van der Waals surface area contributed by atoms with E-state index in [2.05, 4.69) is 82.4 Å². The number of fused-ring (bicyclic) bond motifs is 1. The SMILES string of the molecule is C/C=C\C=C(/C)Nc1ccc2c(c1)C(C)(C)C(C)=C2/C=C\C.CC.CC. The van der Waals surface area contributed by atoms with Crippen LogP contribution in [0.25, 0.3) is 5.57 Å². The Morgan fingerprint density at radius 2 is 1.62 bits per heavy atom. The van der Waals surface area contributed by atoms with Crippen molar-refractivity contribution < 1.29 is 0 Å². The molecule has 0 saturated heterocycles. The largest absolute Gasteiger partial charge is 0.359 e. The van der Waals surface area contributed by atoms with Crippen molar-refractivity contribution in [1.82, 2.24) is 0 Å². The number of hydrogen-bond acceptors (Lipinski definition) is 1. The first-order valence-corrected chi connectivity index (χ1v) is 9.97. The smallest absolute Gasteiger partial charge is 0.0385 e. The van der Waals surface area contributed by atoms with Crippen molar-refractivity contribution in [3.8, 4) is 0 Å². The van der Waals surface area contributed by atoms with Gasteiger partial charge in [-0.15, -0.1) is 0 Å². The highest BCUT2D eigenvalue weighted by molar-refractivity contribution is 5.86. The molecule has 0 fully saturated rings. The van der Waals surface area contributed by atoms with Crippen LogP contribution in [-0.4, -0.2) is 0 Å². The van der Waals surface area contributed by atoms with Crippen LogP contribution in [0.5, 0.6) is 0 Å². The van der Waals surface area contributed by atoms with E-state index in [1.165, 1.54) is 22.3 Å². The fraction of sp³-hybridized carbons (Fsp3) is 0.440. The lowest BCUT2D eigenvalue weighted by atomic mass is 9.82. The Kier molecular flexibility index (Phi) is 10.7. The van der Waals surface area contributed by atoms with E-state index in [4.69, 9.17) is 0 Å². The molecule has 0 aromatic heterocycles. The van der Waals surface area contributed by atoms with Crippen LogP contribution in [-0.2, 0) is 5.41 Å². The molecule has 1 heteroatoms. The lowest BCUT2D eigenvalue weighted by Gasteiger charge is -2.23. The van der Waals surface area contributed by atoms with Crippen molar-refractivity contribution in [3.05, 3.63) is 71.0 Å². The van der Waals surface area contributed by atoms with Gasteiger partial charge in [-0.25, -0.2) is 0 Å². The highest BCUT2D eigenvalue weighted by Gasteiger charge is 2.34. The van der Waals surface area contributed by atoms with E-state index in [-0.39, 0.29) is 5.41 Å². The predicted octanol–water partition coefficient (Wildman–Crippen LogP) is 8.27. The van der Waals surface area contributed by atoms with Crippen LogP contribution in [0, 0.1) is 0 Å². The maximum Gasteiger partial charge on any atom is 0.0385 e. The van der Waals surface area contributed by atoms with Crippen molar-refractivity contribution in [2.24, 2.45) is 0 Å². The third-order valence-corrected chi connectivity index (χ3v) is 4.54. The summed E-state index contributed by atoms with van der Waals surface area (Å²) in [5, 5.41) is 3.48. The zero-order valence-electron chi connectivity index (χ0n) is 18.6. The molecule has 1 nitrogen and oxygen atoms in total. The molecule has 1 N–H and O–H groups in total. The van der Waals surface area contributed by atoms with Crippen LogP contribution >= 0.6 is 0 Å². The van der Waals surface area contributed by atoms with Crippen LogP contribution in [0.2, 0.25) is 0 Å². The van der Waals surface area contributed by atoms with Gasteiger partial charge in [-0.2, -0.15) is 0 Å². The third kappa shape index (κ3) is 5.49. The first-order chi connectivity index (χ1) is 12.4. The second-order valence-electron chi connectivity index (χ2n) is 6.42. The van der Waals surface area contributed by atoms with Gasteiger partial charge in [0, 0.05) is 16.8 Å². The molecular formula is C25H39N. The van der Waals surface area contributed by atoms with Gasteiger partial charge < -0.3 is 5.32 Å². The average Bonchev–Trinajstić information content (AvgIpc) is 2.84. The Balaban J connectivity index is 0.00000146. The van der Waals surface area contributed by atoms with Crippen molar-refractivity contribution in [1.29, 1.82) is 0 Å². The van der Waals surface area contributed by atoms with Crippen LogP contribution in [0.15, 0.2) is 59.8 Å². The first kappa shape index (κ1) is 24.0. The monoisotopic (exact) mass is 353 g/mol. The summed E-state index contributed by atoms with van der Waals surface area (Å²) < 4.78 is 0. The number of hydrogen-bond donors (Lipinski definition) is 1. The predicted molar refractivity (Wildman–Crippen MR) is 122 cm³/mol. The van der Waals surface area contributed by atoms with Gasteiger partial charge in [0.25, 0.3) is 0 Å². The minimum atomic E-state index is 0.0861. The van der Waals surface area contributed by atoms with Gasteiger partial charge in [-0.1, -0.05) is 77.5 Å². The summed E-state index contributed by atoms with van der Waals surface area (Å²) in [6.07, 6.45) is 10.5. The fourth-order valence-corrected chi connectivity index (χ4v) is 3.01. The summed E-state index contributed by atoms with van der Waals surface area (Å²) in [5.74, 6) is 0. The summed E-state index contributed by atoms with van der Waals surface area (Å²) in [6, 6.07) is 6.71. The van der Waals surface area contributed by atoms with Crippen LogP contribution < -0.4 is 5.32 Å². The van der Waals surface area contributed by atoms with Crippen molar-refractivity contribution in [2.45, 2.75) is 74.7 Å². The Morgan fingerprint density at radius 1 is 1.00 bits per heavy atom. The summed E-state index contributed by atoms with van der Waals surface area (Å²) in [5.41, 5.74) is 7.96. The molecule has 1 aliphatic carbocycles.